The molecule has 31 heavy (non-hydrogen) atoms. The summed E-state index contributed by atoms with van der Waals surface area (Å²) < 4.78 is 5.36. The predicted molar refractivity (Wildman–Crippen MR) is 117 cm³/mol. The van der Waals surface area contributed by atoms with Gasteiger partial charge >= 0.3 is 0 Å². The van der Waals surface area contributed by atoms with Gasteiger partial charge in [-0.15, -0.1) is 0 Å². The Balaban J connectivity index is 1.78. The Morgan fingerprint density at radius 3 is 2.71 bits per heavy atom. The summed E-state index contributed by atoms with van der Waals surface area (Å²) in [6.07, 6.45) is 3.74. The molecular formula is C24H26N4O3. The second-order valence-corrected chi connectivity index (χ2v) is 7.92. The van der Waals surface area contributed by atoms with Gasteiger partial charge in [0.15, 0.2) is 5.78 Å². The molecule has 1 amide bonds. The molecule has 0 aliphatic heterocycles. The standard InChI is InChI=1S/C24H26N4O3/c1-15(2)10-17(24(30)28-21(13-25)16-6-5-9-26-14-16)11-22(29)20-12-18-19(27-20)7-4-8-23(18)31-3/h4-9,12,14-15,17,21,27H,10-11H2,1-3H3,(H,28,30)/t17-,21?/m1/s1. The van der Waals surface area contributed by atoms with Crippen molar-refractivity contribution in [1.29, 1.82) is 5.26 Å². The van der Waals surface area contributed by atoms with E-state index in [4.69, 9.17) is 4.74 Å². The van der Waals surface area contributed by atoms with Crippen molar-refractivity contribution in [3.8, 4) is 11.8 Å². The molecule has 7 heteroatoms. The normalized spacial score (nSPS) is 12.9. The van der Waals surface area contributed by atoms with Crippen LogP contribution in [0, 0.1) is 23.2 Å². The Kier molecular flexibility index (Phi) is 7.03. The molecule has 160 valence electrons. The van der Waals surface area contributed by atoms with Gasteiger partial charge in [0, 0.05) is 41.2 Å². The number of amides is 1. The van der Waals surface area contributed by atoms with Crippen LogP contribution in [0.4, 0.5) is 0 Å². The van der Waals surface area contributed by atoms with Crippen molar-refractivity contribution in [2.45, 2.75) is 32.7 Å². The molecule has 0 saturated heterocycles. The van der Waals surface area contributed by atoms with E-state index in [1.807, 2.05) is 32.0 Å². The maximum atomic E-state index is 13.0. The van der Waals surface area contributed by atoms with Gasteiger partial charge in [-0.05, 0) is 36.6 Å². The summed E-state index contributed by atoms with van der Waals surface area (Å²) in [6, 6.07) is 12.0. The molecule has 3 rings (SSSR count). The fraction of sp³-hybridized carbons (Fsp3) is 0.333. The van der Waals surface area contributed by atoms with Crippen LogP contribution in [-0.2, 0) is 4.79 Å². The maximum absolute atomic E-state index is 13.0. The minimum absolute atomic E-state index is 0.0460. The van der Waals surface area contributed by atoms with E-state index in [9.17, 15) is 14.9 Å². The third kappa shape index (κ3) is 5.28. The number of ether oxygens (including phenoxy) is 1. The average molecular weight is 418 g/mol. The van der Waals surface area contributed by atoms with Crippen LogP contribution < -0.4 is 10.1 Å². The zero-order valence-corrected chi connectivity index (χ0v) is 17.9. The van der Waals surface area contributed by atoms with Gasteiger partial charge < -0.3 is 15.0 Å². The highest BCUT2D eigenvalue weighted by Gasteiger charge is 2.27. The third-order valence-electron chi connectivity index (χ3n) is 5.14. The van der Waals surface area contributed by atoms with E-state index in [0.717, 1.165) is 10.9 Å². The Labute approximate surface area is 181 Å². The number of hydrogen-bond donors (Lipinski definition) is 2. The van der Waals surface area contributed by atoms with E-state index in [2.05, 4.69) is 21.4 Å². The molecule has 2 aromatic heterocycles. The minimum atomic E-state index is -0.816. The van der Waals surface area contributed by atoms with Crippen molar-refractivity contribution in [2.75, 3.05) is 7.11 Å². The number of nitrogens with zero attached hydrogens (tertiary/aromatic N) is 2. The summed E-state index contributed by atoms with van der Waals surface area (Å²) in [7, 11) is 1.58. The van der Waals surface area contributed by atoms with Crippen molar-refractivity contribution in [1.82, 2.24) is 15.3 Å². The molecule has 0 radical (unpaired) electrons. The summed E-state index contributed by atoms with van der Waals surface area (Å²) in [5, 5.41) is 13.1. The Hall–Kier alpha value is -3.66. The number of benzene rings is 1. The van der Waals surface area contributed by atoms with Crippen molar-refractivity contribution in [3.05, 3.63) is 60.0 Å². The number of H-pyrrole nitrogens is 1. The number of aromatic nitrogens is 2. The summed E-state index contributed by atoms with van der Waals surface area (Å²) in [4.78, 5) is 33.1. The van der Waals surface area contributed by atoms with Gasteiger partial charge in [0.2, 0.25) is 5.91 Å². The first-order valence-electron chi connectivity index (χ1n) is 10.2. The van der Waals surface area contributed by atoms with Crippen LogP contribution in [0.3, 0.4) is 0 Å². The zero-order valence-electron chi connectivity index (χ0n) is 17.9. The molecule has 0 bridgehead atoms. The van der Waals surface area contributed by atoms with Crippen LogP contribution in [0.2, 0.25) is 0 Å². The molecule has 3 aromatic rings. The van der Waals surface area contributed by atoms with Gasteiger partial charge in [-0.25, -0.2) is 0 Å². The Morgan fingerprint density at radius 2 is 2.06 bits per heavy atom. The smallest absolute Gasteiger partial charge is 0.224 e. The summed E-state index contributed by atoms with van der Waals surface area (Å²) in [5.41, 5.74) is 1.84. The maximum Gasteiger partial charge on any atom is 0.224 e. The average Bonchev–Trinajstić information content (AvgIpc) is 3.21. The topological polar surface area (TPSA) is 108 Å². The predicted octanol–water partition coefficient (Wildman–Crippen LogP) is 4.19. The number of pyridine rings is 1. The largest absolute Gasteiger partial charge is 0.496 e. The van der Waals surface area contributed by atoms with E-state index in [0.29, 0.717) is 23.4 Å². The molecule has 0 aliphatic carbocycles. The lowest BCUT2D eigenvalue weighted by molar-refractivity contribution is -0.125. The van der Waals surface area contributed by atoms with Crippen LogP contribution >= 0.6 is 0 Å². The molecule has 0 fully saturated rings. The number of aromatic amines is 1. The summed E-state index contributed by atoms with van der Waals surface area (Å²) in [6.45, 7) is 4.00. The highest BCUT2D eigenvalue weighted by Crippen LogP contribution is 2.27. The van der Waals surface area contributed by atoms with E-state index < -0.39 is 12.0 Å². The molecule has 0 aliphatic rings. The molecule has 2 atom stereocenters. The fourth-order valence-corrected chi connectivity index (χ4v) is 3.64. The van der Waals surface area contributed by atoms with Crippen molar-refractivity contribution in [3.63, 3.8) is 0 Å². The number of methoxy groups -OCH3 is 1. The molecular weight excluding hydrogens is 392 g/mol. The van der Waals surface area contributed by atoms with Gasteiger partial charge in [-0.1, -0.05) is 26.0 Å². The minimum Gasteiger partial charge on any atom is -0.496 e. The van der Waals surface area contributed by atoms with E-state index in [1.54, 1.807) is 37.7 Å². The van der Waals surface area contributed by atoms with Gasteiger partial charge in [0.05, 0.1) is 18.9 Å². The molecule has 2 N–H and O–H groups in total. The highest BCUT2D eigenvalue weighted by atomic mass is 16.5. The number of nitriles is 1. The van der Waals surface area contributed by atoms with Crippen LogP contribution in [0.5, 0.6) is 5.75 Å². The lowest BCUT2D eigenvalue weighted by Gasteiger charge is -2.20. The lowest BCUT2D eigenvalue weighted by atomic mass is 9.90. The van der Waals surface area contributed by atoms with Gasteiger partial charge in [0.25, 0.3) is 0 Å². The first-order chi connectivity index (χ1) is 14.9. The van der Waals surface area contributed by atoms with E-state index >= 15 is 0 Å². The van der Waals surface area contributed by atoms with E-state index in [1.165, 1.54) is 0 Å². The fourth-order valence-electron chi connectivity index (χ4n) is 3.64. The molecule has 0 spiro atoms. The molecule has 1 aromatic carbocycles. The van der Waals surface area contributed by atoms with Gasteiger partial charge in [0.1, 0.15) is 11.8 Å². The number of ketones is 1. The molecule has 0 saturated carbocycles. The number of carbonyl (C=O) groups excluding carboxylic acids is 2. The van der Waals surface area contributed by atoms with Crippen LogP contribution in [-0.4, -0.2) is 28.8 Å². The lowest BCUT2D eigenvalue weighted by Crippen LogP contribution is -2.35. The summed E-state index contributed by atoms with van der Waals surface area (Å²) >= 11 is 0. The molecule has 7 nitrogen and oxygen atoms in total. The second-order valence-electron chi connectivity index (χ2n) is 7.92. The van der Waals surface area contributed by atoms with Gasteiger partial charge in [-0.2, -0.15) is 5.26 Å². The third-order valence-corrected chi connectivity index (χ3v) is 5.14. The highest BCUT2D eigenvalue weighted by molar-refractivity contribution is 6.02. The summed E-state index contributed by atoms with van der Waals surface area (Å²) in [5.74, 6) is -0.128. The van der Waals surface area contributed by atoms with Crippen molar-refractivity contribution >= 4 is 22.6 Å². The first-order valence-corrected chi connectivity index (χ1v) is 10.2. The Bertz CT molecular complexity index is 1100. The van der Waals surface area contributed by atoms with Crippen molar-refractivity contribution < 1.29 is 14.3 Å². The first kappa shape index (κ1) is 22.0. The number of carbonyl (C=O) groups is 2. The number of rotatable bonds is 9. The zero-order chi connectivity index (χ0) is 22.4. The number of hydrogen-bond acceptors (Lipinski definition) is 5. The molecule has 1 unspecified atom stereocenters. The van der Waals surface area contributed by atoms with Crippen LogP contribution in [0.25, 0.3) is 10.9 Å². The van der Waals surface area contributed by atoms with Crippen LogP contribution in [0.15, 0.2) is 48.8 Å². The monoisotopic (exact) mass is 418 g/mol. The number of Topliss-reactive ketones (excluding diaryl/α,β-unsaturated/α-hetero) is 1. The number of nitrogens with one attached hydrogen (secondary N) is 2. The SMILES string of the molecule is COc1cccc2[nH]c(C(=O)C[C@@H](CC(C)C)C(=O)NC(C#N)c3cccnc3)cc12. The second kappa shape index (κ2) is 9.90. The molecule has 2 heterocycles. The van der Waals surface area contributed by atoms with Crippen LogP contribution in [0.1, 0.15) is 48.8 Å². The Morgan fingerprint density at radius 1 is 1.26 bits per heavy atom. The van der Waals surface area contributed by atoms with E-state index in [-0.39, 0.29) is 24.0 Å². The number of fused-ring (bicyclic) bond motifs is 1. The quantitative estimate of drug-likeness (QED) is 0.507. The van der Waals surface area contributed by atoms with Gasteiger partial charge in [-0.3, -0.25) is 14.6 Å². The van der Waals surface area contributed by atoms with Crippen molar-refractivity contribution in [2.24, 2.45) is 11.8 Å².